The van der Waals surface area contributed by atoms with E-state index in [-0.39, 0.29) is 24.3 Å². The molecule has 1 unspecified atom stereocenters. The number of carbonyl (C=O) groups excluding carboxylic acids is 3. The molecule has 0 aromatic heterocycles. The van der Waals surface area contributed by atoms with Crippen molar-refractivity contribution in [2.75, 3.05) is 31.1 Å². The molecule has 226 valence electrons. The molecular weight excluding hydrogens is 566 g/mol. The van der Waals surface area contributed by atoms with Crippen LogP contribution in [0.4, 0.5) is 5.69 Å². The molecule has 43 heavy (non-hydrogen) atoms. The molecule has 6 rings (SSSR count). The molecule has 4 aliphatic rings. The Balaban J connectivity index is 1.57. The van der Waals surface area contributed by atoms with Crippen LogP contribution in [-0.4, -0.2) is 76.1 Å². The van der Waals surface area contributed by atoms with Gasteiger partial charge in [-0.05, 0) is 37.0 Å². The van der Waals surface area contributed by atoms with E-state index in [9.17, 15) is 19.5 Å². The van der Waals surface area contributed by atoms with Crippen LogP contribution in [0.25, 0.3) is 0 Å². The summed E-state index contributed by atoms with van der Waals surface area (Å²) in [4.78, 5) is 49.1. The molecule has 1 N–H and O–H groups in total. The second-order valence-corrected chi connectivity index (χ2v) is 12.3. The number of aliphatic hydroxyl groups excluding tert-OH is 1. The number of amides is 3. The standard InChI is InChI=1S/C34H38ClN3O5/c1-4-18-36-19-10-16-33(5-2)26(30(36)40)27-31(41)38(25(21-39)23-13-7-6-8-14-23)29-32(42)37(20-11-17-34(27,29)43-33)28-22(3)12-9-15-24(28)35/h6-17,25-27,29,39H,4-5,18-21H2,1-3H3/t25-,26-,27+,29?,33+,34+/m1/s1. The van der Waals surface area contributed by atoms with Gasteiger partial charge in [-0.1, -0.05) is 92.2 Å². The van der Waals surface area contributed by atoms with Crippen molar-refractivity contribution < 1.29 is 24.2 Å². The third-order valence-corrected chi connectivity index (χ3v) is 9.91. The summed E-state index contributed by atoms with van der Waals surface area (Å²) in [5.41, 5.74) is -0.428. The van der Waals surface area contributed by atoms with Crippen molar-refractivity contribution in [2.45, 2.75) is 56.9 Å². The first-order chi connectivity index (χ1) is 20.7. The Morgan fingerprint density at radius 1 is 0.953 bits per heavy atom. The lowest BCUT2D eigenvalue weighted by Crippen LogP contribution is -2.57. The Labute approximate surface area is 257 Å². The van der Waals surface area contributed by atoms with Gasteiger partial charge in [0, 0.05) is 19.6 Å². The number of anilines is 1. The van der Waals surface area contributed by atoms with Gasteiger partial charge in [-0.15, -0.1) is 0 Å². The van der Waals surface area contributed by atoms with Crippen molar-refractivity contribution in [3.05, 3.63) is 89.0 Å². The molecule has 3 amide bonds. The van der Waals surface area contributed by atoms with E-state index in [1.54, 1.807) is 15.9 Å². The highest BCUT2D eigenvalue weighted by Crippen LogP contribution is 2.60. The molecule has 4 aliphatic heterocycles. The molecule has 9 heteroatoms. The van der Waals surface area contributed by atoms with E-state index in [1.807, 2.05) is 87.5 Å². The fraction of sp³-hybridized carbons (Fsp3) is 0.441. The van der Waals surface area contributed by atoms with E-state index in [2.05, 4.69) is 0 Å². The second kappa shape index (κ2) is 11.2. The molecule has 2 aromatic carbocycles. The van der Waals surface area contributed by atoms with E-state index in [4.69, 9.17) is 16.3 Å². The summed E-state index contributed by atoms with van der Waals surface area (Å²) in [7, 11) is 0. The van der Waals surface area contributed by atoms with E-state index < -0.39 is 41.7 Å². The van der Waals surface area contributed by atoms with Gasteiger partial charge in [0.1, 0.15) is 11.6 Å². The van der Waals surface area contributed by atoms with Crippen LogP contribution in [0.15, 0.2) is 72.8 Å². The Hall–Kier alpha value is -3.46. The molecule has 4 heterocycles. The highest BCUT2D eigenvalue weighted by atomic mass is 35.5. The van der Waals surface area contributed by atoms with Crippen molar-refractivity contribution in [3.63, 3.8) is 0 Å². The molecule has 0 bridgehead atoms. The van der Waals surface area contributed by atoms with Gasteiger partial charge < -0.3 is 24.5 Å². The van der Waals surface area contributed by atoms with Crippen molar-refractivity contribution in [3.8, 4) is 0 Å². The van der Waals surface area contributed by atoms with Gasteiger partial charge >= 0.3 is 0 Å². The first-order valence-electron chi connectivity index (χ1n) is 15.1. The number of nitrogens with zero attached hydrogens (tertiary/aromatic N) is 3. The summed E-state index contributed by atoms with van der Waals surface area (Å²) in [6.45, 7) is 6.66. The SMILES string of the molecule is CCCN1CC=C[C@]2(CC)O[C@]34C=CCN(c5c(C)cccc5Cl)C(=O)C3N([C@H](CO)c3ccccc3)C(=O)[C@@H]4[C@@H]2C1=O. The zero-order valence-corrected chi connectivity index (χ0v) is 25.5. The van der Waals surface area contributed by atoms with Gasteiger partial charge in [-0.3, -0.25) is 14.4 Å². The maximum atomic E-state index is 14.9. The van der Waals surface area contributed by atoms with Crippen LogP contribution in [0, 0.1) is 18.8 Å². The number of rotatable bonds is 7. The Kier molecular flexibility index (Phi) is 7.73. The number of aryl methyl sites for hydroxylation is 1. The zero-order chi connectivity index (χ0) is 30.5. The van der Waals surface area contributed by atoms with E-state index in [0.29, 0.717) is 35.8 Å². The first-order valence-corrected chi connectivity index (χ1v) is 15.5. The number of para-hydroxylation sites is 1. The maximum Gasteiger partial charge on any atom is 0.253 e. The summed E-state index contributed by atoms with van der Waals surface area (Å²) in [6.07, 6.45) is 8.81. The van der Waals surface area contributed by atoms with Gasteiger partial charge in [0.05, 0.1) is 40.8 Å². The van der Waals surface area contributed by atoms with Gasteiger partial charge in [-0.2, -0.15) is 0 Å². The number of hydrogen-bond acceptors (Lipinski definition) is 5. The fourth-order valence-electron chi connectivity index (χ4n) is 7.75. The normalized spacial score (nSPS) is 30.7. The van der Waals surface area contributed by atoms with Crippen LogP contribution in [0.3, 0.4) is 0 Å². The van der Waals surface area contributed by atoms with Crippen LogP contribution < -0.4 is 4.90 Å². The minimum Gasteiger partial charge on any atom is -0.394 e. The number of fused-ring (bicyclic) bond motifs is 2. The number of halogens is 1. The molecule has 6 atom stereocenters. The zero-order valence-electron chi connectivity index (χ0n) is 24.8. The number of ether oxygens (including phenoxy) is 1. The van der Waals surface area contributed by atoms with Gasteiger partial charge in [-0.25, -0.2) is 0 Å². The Morgan fingerprint density at radius 2 is 1.70 bits per heavy atom. The first kappa shape index (κ1) is 29.6. The van der Waals surface area contributed by atoms with E-state index in [1.165, 1.54) is 4.90 Å². The van der Waals surface area contributed by atoms with Crippen LogP contribution in [-0.2, 0) is 19.1 Å². The van der Waals surface area contributed by atoms with Crippen LogP contribution >= 0.6 is 11.6 Å². The summed E-state index contributed by atoms with van der Waals surface area (Å²) in [6, 6.07) is 12.7. The van der Waals surface area contributed by atoms with Crippen molar-refractivity contribution >= 4 is 35.0 Å². The monoisotopic (exact) mass is 603 g/mol. The second-order valence-electron chi connectivity index (χ2n) is 11.9. The highest BCUT2D eigenvalue weighted by Gasteiger charge is 2.76. The maximum absolute atomic E-state index is 14.9. The minimum absolute atomic E-state index is 0.145. The largest absolute Gasteiger partial charge is 0.394 e. The van der Waals surface area contributed by atoms with Crippen LogP contribution in [0.2, 0.25) is 5.02 Å². The van der Waals surface area contributed by atoms with Gasteiger partial charge in [0.25, 0.3) is 5.91 Å². The highest BCUT2D eigenvalue weighted by molar-refractivity contribution is 6.34. The number of likely N-dealkylation sites (tertiary alicyclic amines) is 1. The fourth-order valence-corrected chi connectivity index (χ4v) is 8.08. The predicted molar refractivity (Wildman–Crippen MR) is 164 cm³/mol. The molecule has 0 aliphatic carbocycles. The Bertz CT molecular complexity index is 1470. The van der Waals surface area contributed by atoms with E-state index in [0.717, 1.165) is 12.0 Å². The van der Waals surface area contributed by atoms with E-state index >= 15 is 0 Å². The van der Waals surface area contributed by atoms with Crippen molar-refractivity contribution in [1.29, 1.82) is 0 Å². The van der Waals surface area contributed by atoms with Gasteiger partial charge in [0.2, 0.25) is 11.8 Å². The molecule has 0 saturated carbocycles. The number of carbonyl (C=O) groups is 3. The number of benzene rings is 2. The van der Waals surface area contributed by atoms with Crippen LogP contribution in [0.1, 0.15) is 43.9 Å². The quantitative estimate of drug-likeness (QED) is 0.472. The predicted octanol–water partition coefficient (Wildman–Crippen LogP) is 4.45. The topological polar surface area (TPSA) is 90.4 Å². The molecule has 0 radical (unpaired) electrons. The lowest BCUT2D eigenvalue weighted by molar-refractivity contribution is -0.152. The third-order valence-electron chi connectivity index (χ3n) is 9.61. The average Bonchev–Trinajstić information content (AvgIpc) is 3.30. The third kappa shape index (κ3) is 4.37. The van der Waals surface area contributed by atoms with Crippen LogP contribution in [0.5, 0.6) is 0 Å². The summed E-state index contributed by atoms with van der Waals surface area (Å²) in [5.74, 6) is -2.67. The summed E-state index contributed by atoms with van der Waals surface area (Å²) < 4.78 is 7.08. The van der Waals surface area contributed by atoms with Gasteiger partial charge in [0.15, 0.2) is 0 Å². The lowest BCUT2D eigenvalue weighted by Gasteiger charge is -2.41. The molecule has 2 aromatic rings. The summed E-state index contributed by atoms with van der Waals surface area (Å²) in [5, 5.41) is 11.2. The molecule has 1 spiro atoms. The summed E-state index contributed by atoms with van der Waals surface area (Å²) >= 11 is 6.68. The smallest absolute Gasteiger partial charge is 0.253 e. The number of hydrogen-bond donors (Lipinski definition) is 1. The lowest BCUT2D eigenvalue weighted by atomic mass is 9.73. The van der Waals surface area contributed by atoms with Crippen molar-refractivity contribution in [2.24, 2.45) is 11.8 Å². The Morgan fingerprint density at radius 3 is 2.37 bits per heavy atom. The minimum atomic E-state index is -1.43. The molecule has 8 nitrogen and oxygen atoms in total. The molecule has 2 fully saturated rings. The average molecular weight is 604 g/mol. The molecule has 2 saturated heterocycles. The van der Waals surface area contributed by atoms with Crippen molar-refractivity contribution in [1.82, 2.24) is 9.80 Å². The molecular formula is C34H38ClN3O5. The number of aliphatic hydroxyl groups is 1.